The van der Waals surface area contributed by atoms with Crippen molar-refractivity contribution in [2.45, 2.75) is 6.92 Å². The van der Waals surface area contributed by atoms with E-state index in [2.05, 4.69) is 16.0 Å². The zero-order valence-corrected chi connectivity index (χ0v) is 15.0. The van der Waals surface area contributed by atoms with Crippen LogP contribution >= 0.6 is 0 Å². The van der Waals surface area contributed by atoms with Crippen LogP contribution in [0.4, 0.5) is 5.69 Å². The summed E-state index contributed by atoms with van der Waals surface area (Å²) in [5, 5.41) is 12.7. The van der Waals surface area contributed by atoms with Gasteiger partial charge in [0.15, 0.2) is 0 Å². The van der Waals surface area contributed by atoms with Crippen LogP contribution in [0.1, 0.15) is 5.69 Å². The first-order valence-electron chi connectivity index (χ1n) is 6.56. The summed E-state index contributed by atoms with van der Waals surface area (Å²) in [4.78, 5) is 6.71. The Morgan fingerprint density at radius 3 is 2.65 bits per heavy atom. The zero-order chi connectivity index (χ0) is 13.0. The van der Waals surface area contributed by atoms with E-state index in [0.717, 1.165) is 43.2 Å². The predicted octanol–water partition coefficient (Wildman–Crippen LogP) is -1.54. The Kier molecular flexibility index (Phi) is 3.86. The second-order valence-electron chi connectivity index (χ2n) is 5.81. The molecular weight excluding hydrogens is 279 g/mol. The molecule has 2 aromatic rings. The Labute approximate surface area is 160 Å². The van der Waals surface area contributed by atoms with E-state index >= 15 is 0 Å². The maximum Gasteiger partial charge on any atom is 1.00 e. The van der Waals surface area contributed by atoms with E-state index in [1.54, 1.807) is 6.07 Å². The molecule has 4 nitrogen and oxygen atoms in total. The van der Waals surface area contributed by atoms with Gasteiger partial charge in [-0.1, -0.05) is 5.75 Å². The van der Waals surface area contributed by atoms with Crippen molar-refractivity contribution in [1.82, 2.24) is 4.98 Å². The molecule has 2 aliphatic rings. The molecule has 1 aromatic heterocycles. The maximum atomic E-state index is 12.0. The Bertz CT molecular complexity index is 662. The number of ether oxygens (including phenoxy) is 1. The smallest absolute Gasteiger partial charge is 0.872 e. The van der Waals surface area contributed by atoms with Crippen LogP contribution in [0.25, 0.3) is 10.9 Å². The van der Waals surface area contributed by atoms with Crippen molar-refractivity contribution in [2.24, 2.45) is 5.41 Å². The number of anilines is 1. The van der Waals surface area contributed by atoms with Crippen molar-refractivity contribution < 1.29 is 61.2 Å². The van der Waals surface area contributed by atoms with Crippen molar-refractivity contribution in [2.75, 3.05) is 31.2 Å². The maximum absolute atomic E-state index is 12.0. The van der Waals surface area contributed by atoms with E-state index in [1.165, 1.54) is 0 Å². The molecule has 0 N–H and O–H groups in total. The molecule has 4 rings (SSSR count). The molecular formula is C15H15KN2O2. The Hall–Kier alpha value is -0.174. The molecule has 0 saturated carbocycles. The fraction of sp³-hybridized carbons (Fsp3) is 0.400. The molecule has 0 radical (unpaired) electrons. The van der Waals surface area contributed by atoms with Crippen molar-refractivity contribution in [3.63, 3.8) is 0 Å². The average Bonchev–Trinajstić information content (AvgIpc) is 2.25. The SMILES string of the molecule is Cc1cc([O-])c2cc(N3CC4(COC4)C3)ccc2n1.[K+]. The summed E-state index contributed by atoms with van der Waals surface area (Å²) in [7, 11) is 0. The van der Waals surface area contributed by atoms with Gasteiger partial charge < -0.3 is 14.7 Å². The molecule has 98 valence electrons. The number of hydrogen-bond acceptors (Lipinski definition) is 4. The Morgan fingerprint density at radius 1 is 1.25 bits per heavy atom. The van der Waals surface area contributed by atoms with Gasteiger partial charge in [0.05, 0.1) is 24.1 Å². The average molecular weight is 294 g/mol. The van der Waals surface area contributed by atoms with Gasteiger partial charge in [-0.15, -0.1) is 0 Å². The molecule has 2 aliphatic heterocycles. The zero-order valence-electron chi connectivity index (χ0n) is 11.8. The summed E-state index contributed by atoms with van der Waals surface area (Å²) in [6, 6.07) is 7.57. The van der Waals surface area contributed by atoms with Crippen LogP contribution in [-0.4, -0.2) is 31.3 Å². The largest absolute Gasteiger partial charge is 1.00 e. The van der Waals surface area contributed by atoms with E-state index < -0.39 is 0 Å². The summed E-state index contributed by atoms with van der Waals surface area (Å²) in [5.74, 6) is 0.0616. The van der Waals surface area contributed by atoms with Gasteiger partial charge in [0.1, 0.15) is 0 Å². The monoisotopic (exact) mass is 294 g/mol. The van der Waals surface area contributed by atoms with Crippen molar-refractivity contribution in [3.05, 3.63) is 30.0 Å². The number of rotatable bonds is 1. The van der Waals surface area contributed by atoms with Crippen LogP contribution in [0.5, 0.6) is 5.75 Å². The topological polar surface area (TPSA) is 48.4 Å². The third-order valence-electron chi connectivity index (χ3n) is 4.12. The summed E-state index contributed by atoms with van der Waals surface area (Å²) in [6.07, 6.45) is 0. The van der Waals surface area contributed by atoms with E-state index in [9.17, 15) is 5.11 Å². The number of fused-ring (bicyclic) bond motifs is 1. The molecule has 0 atom stereocenters. The van der Waals surface area contributed by atoms with Crippen LogP contribution in [-0.2, 0) is 4.74 Å². The molecule has 5 heteroatoms. The van der Waals surface area contributed by atoms with E-state index in [0.29, 0.717) is 10.8 Å². The number of pyridine rings is 1. The van der Waals surface area contributed by atoms with Gasteiger partial charge in [0, 0.05) is 24.5 Å². The second kappa shape index (κ2) is 5.23. The fourth-order valence-electron chi connectivity index (χ4n) is 3.02. The number of nitrogens with zero attached hydrogens (tertiary/aromatic N) is 2. The molecule has 1 aromatic carbocycles. The van der Waals surface area contributed by atoms with Crippen molar-refractivity contribution in [3.8, 4) is 5.75 Å². The van der Waals surface area contributed by atoms with Gasteiger partial charge in [-0.25, -0.2) is 0 Å². The summed E-state index contributed by atoms with van der Waals surface area (Å²) in [6.45, 7) is 5.68. The van der Waals surface area contributed by atoms with Gasteiger partial charge >= 0.3 is 51.4 Å². The number of hydrogen-bond donors (Lipinski definition) is 0. The van der Waals surface area contributed by atoms with E-state index in [1.807, 2.05) is 19.1 Å². The number of aryl methyl sites for hydroxylation is 1. The Balaban J connectivity index is 0.00000121. The second-order valence-corrected chi connectivity index (χ2v) is 5.81. The van der Waals surface area contributed by atoms with Crippen molar-refractivity contribution in [1.29, 1.82) is 0 Å². The molecule has 2 saturated heterocycles. The van der Waals surface area contributed by atoms with Gasteiger partial charge in [-0.2, -0.15) is 0 Å². The third kappa shape index (κ3) is 2.30. The van der Waals surface area contributed by atoms with Gasteiger partial charge in [0.25, 0.3) is 0 Å². The van der Waals surface area contributed by atoms with Crippen LogP contribution in [0.15, 0.2) is 24.3 Å². The van der Waals surface area contributed by atoms with Crippen LogP contribution in [0.3, 0.4) is 0 Å². The summed E-state index contributed by atoms with van der Waals surface area (Å²) < 4.78 is 5.28. The summed E-state index contributed by atoms with van der Waals surface area (Å²) >= 11 is 0. The number of aromatic nitrogens is 1. The number of benzene rings is 1. The van der Waals surface area contributed by atoms with Crippen molar-refractivity contribution >= 4 is 16.6 Å². The first-order chi connectivity index (χ1) is 9.15. The molecule has 1 spiro atoms. The predicted molar refractivity (Wildman–Crippen MR) is 71.4 cm³/mol. The molecule has 2 fully saturated rings. The van der Waals surface area contributed by atoms with Gasteiger partial charge in [-0.05, 0) is 36.6 Å². The molecule has 0 unspecified atom stereocenters. The van der Waals surface area contributed by atoms with Crippen LogP contribution < -0.4 is 61.4 Å². The third-order valence-corrected chi connectivity index (χ3v) is 4.12. The van der Waals surface area contributed by atoms with E-state index in [-0.39, 0.29) is 57.1 Å². The fourth-order valence-corrected chi connectivity index (χ4v) is 3.02. The minimum Gasteiger partial charge on any atom is -0.872 e. The molecule has 3 heterocycles. The minimum absolute atomic E-state index is 0. The quantitative estimate of drug-likeness (QED) is 0.598. The Morgan fingerprint density at radius 2 is 2.00 bits per heavy atom. The van der Waals surface area contributed by atoms with E-state index in [4.69, 9.17) is 4.74 Å². The van der Waals surface area contributed by atoms with Crippen LogP contribution in [0, 0.1) is 12.3 Å². The normalized spacial score (nSPS) is 19.4. The standard InChI is InChI=1S/C15H16N2O2.K/c1-10-4-14(18)12-5-11(2-3-13(12)16-10)17-6-15(7-17)8-19-9-15;/h2-5H,6-9H2,1H3,(H,16,18);/q;+1/p-1. The first kappa shape index (κ1) is 14.8. The molecule has 0 amide bonds. The molecule has 0 bridgehead atoms. The molecule has 0 aliphatic carbocycles. The molecule has 20 heavy (non-hydrogen) atoms. The van der Waals surface area contributed by atoms with Gasteiger partial charge in [-0.3, -0.25) is 4.98 Å². The summed E-state index contributed by atoms with van der Waals surface area (Å²) in [5.41, 5.74) is 3.07. The first-order valence-corrected chi connectivity index (χ1v) is 6.56. The van der Waals surface area contributed by atoms with Crippen LogP contribution in [0.2, 0.25) is 0 Å². The minimum atomic E-state index is 0. The van der Waals surface area contributed by atoms with Gasteiger partial charge in [0.2, 0.25) is 0 Å².